The molecule has 0 saturated heterocycles. The monoisotopic (exact) mass is 384 g/mol. The molecule has 1 unspecified atom stereocenters. The molecule has 1 heterocycles. The van der Waals surface area contributed by atoms with Crippen molar-refractivity contribution in [1.82, 2.24) is 4.90 Å². The van der Waals surface area contributed by atoms with Crippen LogP contribution in [0.5, 0.6) is 0 Å². The van der Waals surface area contributed by atoms with Crippen molar-refractivity contribution in [2.75, 3.05) is 6.54 Å². The number of amides is 1. The second-order valence-electron chi connectivity index (χ2n) is 7.45. The van der Waals surface area contributed by atoms with E-state index in [0.29, 0.717) is 19.5 Å². The third-order valence-electron chi connectivity index (χ3n) is 5.39. The summed E-state index contributed by atoms with van der Waals surface area (Å²) in [5.41, 5.74) is 2.45. The zero-order valence-electron chi connectivity index (χ0n) is 15.5. The van der Waals surface area contributed by atoms with Crippen LogP contribution in [0.2, 0.25) is 0 Å². The van der Waals surface area contributed by atoms with Crippen LogP contribution < -0.4 is 0 Å². The average molecular weight is 384 g/mol. The largest absolute Gasteiger partial charge is 0.390 e. The zero-order chi connectivity index (χ0) is 19.5. The number of hydrogen-bond donors (Lipinski definition) is 0. The molecule has 2 aliphatic rings. The van der Waals surface area contributed by atoms with Crippen molar-refractivity contribution in [3.05, 3.63) is 71.3 Å². The molecule has 2 aromatic rings. The van der Waals surface area contributed by atoms with Gasteiger partial charge in [-0.25, -0.2) is 8.78 Å². The van der Waals surface area contributed by atoms with Crippen molar-refractivity contribution in [2.45, 2.75) is 38.3 Å². The molecule has 1 aliphatic heterocycles. The Morgan fingerprint density at radius 2 is 1.68 bits per heavy atom. The van der Waals surface area contributed by atoms with Gasteiger partial charge in [-0.05, 0) is 48.2 Å². The van der Waals surface area contributed by atoms with Gasteiger partial charge >= 0.3 is 0 Å². The highest BCUT2D eigenvalue weighted by molar-refractivity contribution is 6.01. The van der Waals surface area contributed by atoms with Gasteiger partial charge in [-0.1, -0.05) is 35.8 Å². The summed E-state index contributed by atoms with van der Waals surface area (Å²) in [5, 5.41) is 4.13. The summed E-state index contributed by atoms with van der Waals surface area (Å²) in [5.74, 6) is -0.401. The van der Waals surface area contributed by atoms with Crippen LogP contribution >= 0.6 is 0 Å². The maximum absolute atomic E-state index is 13.2. The topological polar surface area (TPSA) is 41.9 Å². The third kappa shape index (κ3) is 4.21. The molecular weight excluding hydrogens is 362 g/mol. The second-order valence-corrected chi connectivity index (χ2v) is 7.45. The summed E-state index contributed by atoms with van der Waals surface area (Å²) in [4.78, 5) is 20.2. The maximum atomic E-state index is 13.2. The summed E-state index contributed by atoms with van der Waals surface area (Å²) in [7, 11) is 0. The molecule has 0 radical (unpaired) electrons. The fraction of sp³-hybridized carbons (Fsp3) is 0.364. The number of rotatable bonds is 6. The zero-order valence-corrected chi connectivity index (χ0v) is 15.5. The lowest BCUT2D eigenvalue weighted by molar-refractivity contribution is -0.140. The van der Waals surface area contributed by atoms with Crippen LogP contribution in [0.4, 0.5) is 8.78 Å². The van der Waals surface area contributed by atoms with Gasteiger partial charge in [0.25, 0.3) is 0 Å². The summed E-state index contributed by atoms with van der Waals surface area (Å²) >= 11 is 0. The average Bonchev–Trinajstić information content (AvgIpc) is 3.10. The van der Waals surface area contributed by atoms with Gasteiger partial charge in [-0.3, -0.25) is 4.79 Å². The van der Waals surface area contributed by atoms with E-state index in [4.69, 9.17) is 4.84 Å². The molecule has 1 amide bonds. The summed E-state index contributed by atoms with van der Waals surface area (Å²) in [6.07, 6.45) is 3.23. The Kier molecular flexibility index (Phi) is 5.37. The van der Waals surface area contributed by atoms with Crippen molar-refractivity contribution in [2.24, 2.45) is 11.1 Å². The summed E-state index contributed by atoms with van der Waals surface area (Å²) in [6, 6.07) is 12.4. The highest BCUT2D eigenvalue weighted by Gasteiger charge is 2.32. The Morgan fingerprint density at radius 1 is 1.04 bits per heavy atom. The molecule has 28 heavy (non-hydrogen) atoms. The van der Waals surface area contributed by atoms with Gasteiger partial charge in [-0.2, -0.15) is 0 Å². The predicted molar refractivity (Wildman–Crippen MR) is 102 cm³/mol. The Balaban J connectivity index is 1.43. The molecule has 0 spiro atoms. The van der Waals surface area contributed by atoms with E-state index >= 15 is 0 Å². The van der Waals surface area contributed by atoms with Crippen LogP contribution in [0, 0.1) is 17.6 Å². The fourth-order valence-corrected chi connectivity index (χ4v) is 3.54. The highest BCUT2D eigenvalue weighted by atomic mass is 19.1. The molecule has 1 fully saturated rings. The van der Waals surface area contributed by atoms with Gasteiger partial charge in [0.1, 0.15) is 11.6 Å². The molecule has 0 bridgehead atoms. The first-order chi connectivity index (χ1) is 13.6. The maximum Gasteiger partial charge on any atom is 0.226 e. The van der Waals surface area contributed by atoms with E-state index in [0.717, 1.165) is 36.1 Å². The van der Waals surface area contributed by atoms with E-state index in [1.54, 1.807) is 29.2 Å². The van der Waals surface area contributed by atoms with E-state index in [9.17, 15) is 13.6 Å². The number of carbonyl (C=O) groups excluding carboxylic acids is 1. The first-order valence-electron chi connectivity index (χ1n) is 9.60. The number of carbonyl (C=O) groups is 1. The molecule has 6 heteroatoms. The van der Waals surface area contributed by atoms with E-state index in [1.165, 1.54) is 24.3 Å². The van der Waals surface area contributed by atoms with Crippen LogP contribution in [-0.4, -0.2) is 29.2 Å². The minimum Gasteiger partial charge on any atom is -0.390 e. The molecular formula is C22H22F2N2O2. The van der Waals surface area contributed by atoms with Gasteiger partial charge in [0, 0.05) is 18.9 Å². The second kappa shape index (κ2) is 8.09. The third-order valence-corrected chi connectivity index (χ3v) is 5.39. The Morgan fingerprint density at radius 3 is 2.29 bits per heavy atom. The van der Waals surface area contributed by atoms with Gasteiger partial charge in [-0.15, -0.1) is 0 Å². The highest BCUT2D eigenvalue weighted by Crippen LogP contribution is 2.29. The molecule has 2 aromatic carbocycles. The molecule has 1 atom stereocenters. The van der Waals surface area contributed by atoms with Crippen molar-refractivity contribution in [3.63, 3.8) is 0 Å². The van der Waals surface area contributed by atoms with E-state index in [2.05, 4.69) is 5.16 Å². The van der Waals surface area contributed by atoms with Crippen LogP contribution in [0.15, 0.2) is 53.7 Å². The number of halogens is 2. The van der Waals surface area contributed by atoms with Gasteiger partial charge < -0.3 is 9.74 Å². The number of hydrogen-bond acceptors (Lipinski definition) is 3. The van der Waals surface area contributed by atoms with E-state index < -0.39 is 0 Å². The van der Waals surface area contributed by atoms with E-state index in [-0.39, 0.29) is 29.6 Å². The number of oxime groups is 1. The van der Waals surface area contributed by atoms with Gasteiger partial charge in [0.05, 0.1) is 12.3 Å². The van der Waals surface area contributed by atoms with Gasteiger partial charge in [0.2, 0.25) is 5.91 Å². The summed E-state index contributed by atoms with van der Waals surface area (Å²) in [6.45, 7) is 0.836. The predicted octanol–water partition coefficient (Wildman–Crippen LogP) is 4.29. The van der Waals surface area contributed by atoms with Crippen LogP contribution in [0.25, 0.3) is 0 Å². The molecule has 4 rings (SSSR count). The standard InChI is InChI=1S/C22H22F2N2O2/c23-18-8-4-15(5-9-18)13-26(22(27)17-2-1-3-17)14-20-12-21(25-28-20)16-6-10-19(24)11-7-16/h4-11,17,20H,1-3,12-14H2. The smallest absolute Gasteiger partial charge is 0.226 e. The number of nitrogens with zero attached hydrogens (tertiary/aromatic N) is 2. The Labute approximate surface area is 162 Å². The first kappa shape index (κ1) is 18.6. The quantitative estimate of drug-likeness (QED) is 0.746. The van der Waals surface area contributed by atoms with Crippen LogP contribution in [-0.2, 0) is 16.2 Å². The van der Waals surface area contributed by atoms with Gasteiger partial charge in [0.15, 0.2) is 6.10 Å². The molecule has 4 nitrogen and oxygen atoms in total. The first-order valence-corrected chi connectivity index (χ1v) is 9.60. The Bertz CT molecular complexity index is 861. The molecule has 1 aliphatic carbocycles. The van der Waals surface area contributed by atoms with Crippen molar-refractivity contribution < 1.29 is 18.4 Å². The Hall–Kier alpha value is -2.76. The minimum absolute atomic E-state index is 0.0688. The number of benzene rings is 2. The molecule has 1 saturated carbocycles. The van der Waals surface area contributed by atoms with Crippen molar-refractivity contribution in [1.29, 1.82) is 0 Å². The fourth-order valence-electron chi connectivity index (χ4n) is 3.54. The minimum atomic E-state index is -0.295. The molecule has 0 N–H and O–H groups in total. The lowest BCUT2D eigenvalue weighted by Gasteiger charge is -2.32. The SMILES string of the molecule is O=C(C1CCC1)N(Cc1ccc(F)cc1)CC1CC(c2ccc(F)cc2)=NO1. The van der Waals surface area contributed by atoms with Crippen LogP contribution in [0.1, 0.15) is 36.8 Å². The summed E-state index contributed by atoms with van der Waals surface area (Å²) < 4.78 is 26.3. The van der Waals surface area contributed by atoms with Crippen LogP contribution in [0.3, 0.4) is 0 Å². The lowest BCUT2D eigenvalue weighted by Crippen LogP contribution is -2.42. The van der Waals surface area contributed by atoms with Crippen molar-refractivity contribution >= 4 is 11.6 Å². The van der Waals surface area contributed by atoms with E-state index in [1.807, 2.05) is 0 Å². The van der Waals surface area contributed by atoms with Crippen molar-refractivity contribution in [3.8, 4) is 0 Å². The lowest BCUT2D eigenvalue weighted by atomic mass is 9.84. The molecule has 146 valence electrons. The molecule has 0 aromatic heterocycles. The normalized spacial score (nSPS) is 18.9.